The third-order valence-corrected chi connectivity index (χ3v) is 5.82. The van der Waals surface area contributed by atoms with Gasteiger partial charge in [-0.3, -0.25) is 0 Å². The number of ether oxygens (including phenoxy) is 2. The lowest BCUT2D eigenvalue weighted by molar-refractivity contribution is 0.200. The Bertz CT molecular complexity index is 1110. The summed E-state index contributed by atoms with van der Waals surface area (Å²) in [4.78, 5) is 11.2. The molecule has 3 aromatic rings. The molecule has 2 aromatic heterocycles. The Hall–Kier alpha value is -2.19. The zero-order valence-electron chi connectivity index (χ0n) is 16.1. The van der Waals surface area contributed by atoms with Crippen LogP contribution < -0.4 is 9.47 Å². The van der Waals surface area contributed by atoms with E-state index in [2.05, 4.69) is 16.0 Å². The van der Waals surface area contributed by atoms with E-state index in [0.29, 0.717) is 15.8 Å². The van der Waals surface area contributed by atoms with Crippen molar-refractivity contribution in [3.8, 4) is 11.5 Å². The van der Waals surface area contributed by atoms with Gasteiger partial charge in [-0.1, -0.05) is 18.3 Å². The third kappa shape index (κ3) is 3.71. The van der Waals surface area contributed by atoms with Crippen molar-refractivity contribution in [2.45, 2.75) is 51.7 Å². The first-order valence-electron chi connectivity index (χ1n) is 9.64. The minimum atomic E-state index is 0.280. The molecule has 0 spiro atoms. The molecular formula is C20H24N4O2S2. The fourth-order valence-electron chi connectivity index (χ4n) is 3.77. The highest BCUT2D eigenvalue weighted by molar-refractivity contribution is 7.72. The van der Waals surface area contributed by atoms with Crippen LogP contribution in [0.5, 0.6) is 11.5 Å². The lowest BCUT2D eigenvalue weighted by atomic mass is 10.1. The second-order valence-corrected chi connectivity index (χ2v) is 7.87. The van der Waals surface area contributed by atoms with Gasteiger partial charge in [0.2, 0.25) is 0 Å². The molecule has 6 nitrogen and oxygen atoms in total. The van der Waals surface area contributed by atoms with Crippen LogP contribution in [-0.2, 0) is 13.0 Å². The van der Waals surface area contributed by atoms with Crippen LogP contribution in [0.15, 0.2) is 18.2 Å². The Morgan fingerprint density at radius 3 is 2.68 bits per heavy atom. The van der Waals surface area contributed by atoms with Crippen molar-refractivity contribution < 1.29 is 9.47 Å². The van der Waals surface area contributed by atoms with Crippen LogP contribution in [0.25, 0.3) is 11.2 Å². The second-order valence-electron chi connectivity index (χ2n) is 7.07. The lowest BCUT2D eigenvalue weighted by Crippen LogP contribution is -2.11. The summed E-state index contributed by atoms with van der Waals surface area (Å²) < 4.78 is 14.8. The van der Waals surface area contributed by atoms with E-state index in [9.17, 15) is 0 Å². The van der Waals surface area contributed by atoms with E-state index in [1.165, 1.54) is 12.8 Å². The minimum absolute atomic E-state index is 0.280. The molecule has 2 heterocycles. The maximum atomic E-state index is 6.21. The summed E-state index contributed by atoms with van der Waals surface area (Å²) in [7, 11) is 1.67. The van der Waals surface area contributed by atoms with Crippen LogP contribution in [0.2, 0.25) is 0 Å². The molecular weight excluding hydrogens is 392 g/mol. The van der Waals surface area contributed by atoms with E-state index in [1.54, 1.807) is 7.11 Å². The molecule has 1 saturated carbocycles. The van der Waals surface area contributed by atoms with Gasteiger partial charge in [-0.15, -0.1) is 0 Å². The smallest absolute Gasteiger partial charge is 0.179 e. The number of hydrogen-bond donors (Lipinski definition) is 2. The monoisotopic (exact) mass is 416 g/mol. The summed E-state index contributed by atoms with van der Waals surface area (Å²) in [6.07, 6.45) is 5.60. The molecule has 1 fully saturated rings. The maximum absolute atomic E-state index is 6.21. The molecule has 0 radical (unpaired) electrons. The summed E-state index contributed by atoms with van der Waals surface area (Å²) in [5.74, 6) is 2.41. The Kier molecular flexibility index (Phi) is 5.50. The Balaban J connectivity index is 1.66. The first-order chi connectivity index (χ1) is 13.6. The Morgan fingerprint density at radius 2 is 1.96 bits per heavy atom. The highest BCUT2D eigenvalue weighted by Crippen LogP contribution is 2.33. The second kappa shape index (κ2) is 8.05. The van der Waals surface area contributed by atoms with Crippen LogP contribution in [0, 0.1) is 9.41 Å². The van der Waals surface area contributed by atoms with Crippen LogP contribution in [0.3, 0.4) is 0 Å². The molecule has 0 aliphatic heterocycles. The van der Waals surface area contributed by atoms with Crippen molar-refractivity contribution in [1.82, 2.24) is 19.5 Å². The number of fused-ring (bicyclic) bond motifs is 1. The molecule has 0 unspecified atom stereocenters. The number of nitrogens with one attached hydrogen (secondary N) is 2. The molecule has 0 saturated heterocycles. The number of rotatable bonds is 6. The zero-order chi connectivity index (χ0) is 19.7. The van der Waals surface area contributed by atoms with E-state index in [-0.39, 0.29) is 6.10 Å². The van der Waals surface area contributed by atoms with Gasteiger partial charge >= 0.3 is 0 Å². The van der Waals surface area contributed by atoms with Gasteiger partial charge in [0.15, 0.2) is 21.9 Å². The predicted molar refractivity (Wildman–Crippen MR) is 114 cm³/mol. The van der Waals surface area contributed by atoms with Crippen molar-refractivity contribution in [3.63, 3.8) is 0 Å². The van der Waals surface area contributed by atoms with Crippen LogP contribution >= 0.6 is 24.4 Å². The molecule has 4 rings (SSSR count). The van der Waals surface area contributed by atoms with Gasteiger partial charge in [-0.25, -0.2) is 4.98 Å². The number of aromatic nitrogens is 4. The van der Waals surface area contributed by atoms with E-state index in [1.807, 2.05) is 23.6 Å². The summed E-state index contributed by atoms with van der Waals surface area (Å²) in [5.41, 5.74) is 2.71. The Morgan fingerprint density at radius 1 is 1.18 bits per heavy atom. The number of benzene rings is 1. The highest BCUT2D eigenvalue weighted by Gasteiger charge is 2.19. The number of aromatic amines is 2. The SMILES string of the molecule is CCn1c(=S)[nH]c(=S)c2[nH]c(Cc3ccc(OC)c(OC4CCCC4)c3)nc21. The first kappa shape index (κ1) is 19.1. The summed E-state index contributed by atoms with van der Waals surface area (Å²) in [6.45, 7) is 2.77. The van der Waals surface area contributed by atoms with Gasteiger partial charge in [-0.2, -0.15) is 0 Å². The number of imidazole rings is 1. The molecule has 0 bridgehead atoms. The minimum Gasteiger partial charge on any atom is -0.493 e. The number of methoxy groups -OCH3 is 1. The fraction of sp³-hybridized carbons (Fsp3) is 0.450. The largest absolute Gasteiger partial charge is 0.493 e. The molecule has 148 valence electrons. The fourth-order valence-corrected chi connectivity index (χ4v) is 4.39. The molecule has 1 aliphatic carbocycles. The summed E-state index contributed by atoms with van der Waals surface area (Å²) >= 11 is 10.8. The topological polar surface area (TPSA) is 67.9 Å². The van der Waals surface area contributed by atoms with Gasteiger partial charge < -0.3 is 24.0 Å². The van der Waals surface area contributed by atoms with Crippen molar-refractivity contribution in [2.24, 2.45) is 0 Å². The molecule has 0 amide bonds. The van der Waals surface area contributed by atoms with Crippen LogP contribution in [0.1, 0.15) is 44.0 Å². The van der Waals surface area contributed by atoms with Crippen molar-refractivity contribution >= 4 is 35.6 Å². The maximum Gasteiger partial charge on any atom is 0.179 e. The van der Waals surface area contributed by atoms with Gasteiger partial charge in [0.25, 0.3) is 0 Å². The standard InChI is InChI=1S/C20H24N4O2S2/c1-3-24-18-17(19(27)23-20(24)28)21-16(22-18)11-12-8-9-14(25-2)15(10-12)26-13-6-4-5-7-13/h8-10,13H,3-7,11H2,1-2H3,(H,21,22)(H,23,27,28). The molecule has 1 aliphatic rings. The van der Waals surface area contributed by atoms with Gasteiger partial charge in [-0.05, 0) is 62.5 Å². The number of aryl methyl sites for hydroxylation is 1. The van der Waals surface area contributed by atoms with E-state index in [0.717, 1.165) is 53.4 Å². The van der Waals surface area contributed by atoms with E-state index >= 15 is 0 Å². The number of nitrogens with zero attached hydrogens (tertiary/aromatic N) is 2. The molecule has 28 heavy (non-hydrogen) atoms. The predicted octanol–water partition coefficient (Wildman–Crippen LogP) is 5.09. The molecule has 1 aromatic carbocycles. The molecule has 0 atom stereocenters. The normalized spacial score (nSPS) is 14.6. The van der Waals surface area contributed by atoms with E-state index < -0.39 is 0 Å². The van der Waals surface area contributed by atoms with Crippen LogP contribution in [-0.4, -0.2) is 32.7 Å². The van der Waals surface area contributed by atoms with Gasteiger partial charge in [0.1, 0.15) is 16.0 Å². The first-order valence-corrected chi connectivity index (χ1v) is 10.5. The van der Waals surface area contributed by atoms with Crippen LogP contribution in [0.4, 0.5) is 0 Å². The average molecular weight is 417 g/mol. The quantitative estimate of drug-likeness (QED) is 0.548. The average Bonchev–Trinajstić information content (AvgIpc) is 3.32. The number of hydrogen-bond acceptors (Lipinski definition) is 5. The van der Waals surface area contributed by atoms with Gasteiger partial charge in [0, 0.05) is 13.0 Å². The summed E-state index contributed by atoms with van der Waals surface area (Å²) in [5, 5.41) is 0. The Labute approximate surface area is 173 Å². The lowest BCUT2D eigenvalue weighted by Gasteiger charge is -2.16. The van der Waals surface area contributed by atoms with Crippen molar-refractivity contribution in [3.05, 3.63) is 39.0 Å². The molecule has 2 N–H and O–H groups in total. The highest BCUT2D eigenvalue weighted by atomic mass is 32.1. The zero-order valence-corrected chi connectivity index (χ0v) is 17.7. The number of H-pyrrole nitrogens is 2. The van der Waals surface area contributed by atoms with E-state index in [4.69, 9.17) is 38.9 Å². The summed E-state index contributed by atoms with van der Waals surface area (Å²) in [6, 6.07) is 6.06. The third-order valence-electron chi connectivity index (χ3n) is 5.19. The molecule has 8 heteroatoms. The van der Waals surface area contributed by atoms with Gasteiger partial charge in [0.05, 0.1) is 13.2 Å². The van der Waals surface area contributed by atoms with Crippen molar-refractivity contribution in [2.75, 3.05) is 7.11 Å². The van der Waals surface area contributed by atoms with Crippen molar-refractivity contribution in [1.29, 1.82) is 0 Å².